The Balaban J connectivity index is 1.89. The van der Waals surface area contributed by atoms with Gasteiger partial charge in [-0.05, 0) is 36.4 Å². The van der Waals surface area contributed by atoms with Crippen molar-refractivity contribution in [3.8, 4) is 5.69 Å². The van der Waals surface area contributed by atoms with E-state index < -0.39 is 0 Å². The molecular weight excluding hydrogens is 266 g/mol. The van der Waals surface area contributed by atoms with Crippen molar-refractivity contribution in [2.24, 2.45) is 0 Å². The summed E-state index contributed by atoms with van der Waals surface area (Å²) in [5, 5.41) is 2.91. The first-order valence-electron chi connectivity index (χ1n) is 7.12. The summed E-state index contributed by atoms with van der Waals surface area (Å²) in [6.45, 7) is 3.36. The molecule has 0 saturated carbocycles. The van der Waals surface area contributed by atoms with Gasteiger partial charge < -0.3 is 15.0 Å². The maximum absolute atomic E-state index is 12.3. The molecule has 2 aromatic rings. The SMILES string of the molecule is CNc1cccn(-c2ccc(N3CCOCC3)cc2)c1=O. The maximum atomic E-state index is 12.3. The van der Waals surface area contributed by atoms with Crippen molar-refractivity contribution < 1.29 is 4.74 Å². The summed E-state index contributed by atoms with van der Waals surface area (Å²) >= 11 is 0. The lowest BCUT2D eigenvalue weighted by Crippen LogP contribution is -2.36. The van der Waals surface area contributed by atoms with E-state index >= 15 is 0 Å². The summed E-state index contributed by atoms with van der Waals surface area (Å²) in [5.41, 5.74) is 2.59. The number of morpholine rings is 1. The van der Waals surface area contributed by atoms with Gasteiger partial charge in [0.2, 0.25) is 0 Å². The maximum Gasteiger partial charge on any atom is 0.278 e. The summed E-state index contributed by atoms with van der Waals surface area (Å²) in [6.07, 6.45) is 1.78. The van der Waals surface area contributed by atoms with Crippen molar-refractivity contribution in [3.63, 3.8) is 0 Å². The largest absolute Gasteiger partial charge is 0.384 e. The van der Waals surface area contributed by atoms with Crippen molar-refractivity contribution in [1.29, 1.82) is 0 Å². The van der Waals surface area contributed by atoms with Crippen molar-refractivity contribution in [2.75, 3.05) is 43.6 Å². The zero-order valence-corrected chi connectivity index (χ0v) is 12.1. The zero-order chi connectivity index (χ0) is 14.7. The number of benzene rings is 1. The van der Waals surface area contributed by atoms with Crippen LogP contribution in [0.25, 0.3) is 5.69 Å². The molecule has 0 aliphatic carbocycles. The third-order valence-corrected chi connectivity index (χ3v) is 3.72. The van der Waals surface area contributed by atoms with Crippen LogP contribution in [0.4, 0.5) is 11.4 Å². The van der Waals surface area contributed by atoms with E-state index in [2.05, 4.69) is 22.3 Å². The second-order valence-electron chi connectivity index (χ2n) is 4.96. The van der Waals surface area contributed by atoms with Gasteiger partial charge in [0, 0.05) is 37.7 Å². The number of aromatic nitrogens is 1. The fraction of sp³-hybridized carbons (Fsp3) is 0.312. The van der Waals surface area contributed by atoms with Crippen LogP contribution < -0.4 is 15.8 Å². The van der Waals surface area contributed by atoms with Crippen LogP contribution in [0.3, 0.4) is 0 Å². The van der Waals surface area contributed by atoms with Gasteiger partial charge in [-0.3, -0.25) is 9.36 Å². The number of rotatable bonds is 3. The molecule has 0 spiro atoms. The molecule has 21 heavy (non-hydrogen) atoms. The monoisotopic (exact) mass is 285 g/mol. The highest BCUT2D eigenvalue weighted by Crippen LogP contribution is 2.18. The Labute approximate surface area is 123 Å². The lowest BCUT2D eigenvalue weighted by molar-refractivity contribution is 0.122. The van der Waals surface area contributed by atoms with Gasteiger partial charge in [0.15, 0.2) is 0 Å². The summed E-state index contributed by atoms with van der Waals surface area (Å²) in [4.78, 5) is 14.6. The second-order valence-corrected chi connectivity index (χ2v) is 4.96. The second kappa shape index (κ2) is 6.01. The third kappa shape index (κ3) is 2.78. The Morgan fingerprint density at radius 2 is 1.71 bits per heavy atom. The van der Waals surface area contributed by atoms with Gasteiger partial charge in [-0.2, -0.15) is 0 Å². The molecular formula is C16H19N3O2. The predicted octanol–water partition coefficient (Wildman–Crippen LogP) is 1.72. The molecule has 0 atom stereocenters. The van der Waals surface area contributed by atoms with Gasteiger partial charge in [0.25, 0.3) is 5.56 Å². The molecule has 5 heteroatoms. The quantitative estimate of drug-likeness (QED) is 0.932. The first kappa shape index (κ1) is 13.7. The molecule has 1 saturated heterocycles. The number of anilines is 2. The van der Waals surface area contributed by atoms with Crippen LogP contribution in [0.15, 0.2) is 47.4 Å². The molecule has 1 aromatic carbocycles. The van der Waals surface area contributed by atoms with E-state index in [1.807, 2.05) is 18.2 Å². The highest BCUT2D eigenvalue weighted by molar-refractivity contribution is 5.52. The molecule has 1 fully saturated rings. The molecule has 0 bridgehead atoms. The van der Waals surface area contributed by atoms with Gasteiger partial charge in [-0.25, -0.2) is 0 Å². The average molecular weight is 285 g/mol. The van der Waals surface area contributed by atoms with Crippen molar-refractivity contribution >= 4 is 11.4 Å². The molecule has 0 unspecified atom stereocenters. The van der Waals surface area contributed by atoms with Crippen LogP contribution in [-0.2, 0) is 4.74 Å². The van der Waals surface area contributed by atoms with Crippen LogP contribution in [0.1, 0.15) is 0 Å². The number of hydrogen-bond acceptors (Lipinski definition) is 4. The standard InChI is InChI=1S/C16H19N3O2/c1-17-15-3-2-8-19(16(15)20)14-6-4-13(5-7-14)18-9-11-21-12-10-18/h2-8,17H,9-12H2,1H3. The highest BCUT2D eigenvalue weighted by Gasteiger charge is 2.11. The summed E-state index contributed by atoms with van der Waals surface area (Å²) in [7, 11) is 1.75. The van der Waals surface area contributed by atoms with Crippen molar-refractivity contribution in [2.45, 2.75) is 0 Å². The van der Waals surface area contributed by atoms with Gasteiger partial charge in [0.1, 0.15) is 5.69 Å². The van der Waals surface area contributed by atoms with E-state index in [4.69, 9.17) is 4.74 Å². The minimum absolute atomic E-state index is 0.0425. The zero-order valence-electron chi connectivity index (χ0n) is 12.1. The topological polar surface area (TPSA) is 46.5 Å². The average Bonchev–Trinajstić information content (AvgIpc) is 2.56. The molecule has 3 rings (SSSR count). The Kier molecular flexibility index (Phi) is 3.92. The van der Waals surface area contributed by atoms with E-state index in [9.17, 15) is 4.79 Å². The van der Waals surface area contributed by atoms with Crippen molar-refractivity contribution in [3.05, 3.63) is 52.9 Å². The minimum atomic E-state index is -0.0425. The van der Waals surface area contributed by atoms with Crippen molar-refractivity contribution in [1.82, 2.24) is 4.57 Å². The van der Waals surface area contributed by atoms with Crippen LogP contribution in [-0.4, -0.2) is 37.9 Å². The molecule has 0 radical (unpaired) electrons. The summed E-state index contributed by atoms with van der Waals surface area (Å²) < 4.78 is 7.01. The van der Waals surface area contributed by atoms with Gasteiger partial charge in [0.05, 0.1) is 13.2 Å². The van der Waals surface area contributed by atoms with Crippen LogP contribution >= 0.6 is 0 Å². The molecule has 110 valence electrons. The summed E-state index contributed by atoms with van der Waals surface area (Å²) in [5.74, 6) is 0. The first-order chi connectivity index (χ1) is 10.3. The number of nitrogens with one attached hydrogen (secondary N) is 1. The Hall–Kier alpha value is -2.27. The molecule has 0 amide bonds. The number of ether oxygens (including phenoxy) is 1. The van der Waals surface area contributed by atoms with E-state index in [-0.39, 0.29) is 5.56 Å². The van der Waals surface area contributed by atoms with E-state index in [1.165, 1.54) is 5.69 Å². The number of nitrogens with zero attached hydrogens (tertiary/aromatic N) is 2. The van der Waals surface area contributed by atoms with Gasteiger partial charge >= 0.3 is 0 Å². The first-order valence-corrected chi connectivity index (χ1v) is 7.12. The van der Waals surface area contributed by atoms with Crippen LogP contribution in [0, 0.1) is 0 Å². The fourth-order valence-corrected chi connectivity index (χ4v) is 2.53. The molecule has 2 heterocycles. The molecule has 5 nitrogen and oxygen atoms in total. The Bertz CT molecular complexity index is 658. The normalized spacial score (nSPS) is 15.0. The highest BCUT2D eigenvalue weighted by atomic mass is 16.5. The lowest BCUT2D eigenvalue weighted by Gasteiger charge is -2.29. The molecule has 1 aliphatic rings. The Morgan fingerprint density at radius 1 is 1.05 bits per heavy atom. The van der Waals surface area contributed by atoms with Crippen LogP contribution in [0.5, 0.6) is 0 Å². The molecule has 1 aromatic heterocycles. The van der Waals surface area contributed by atoms with E-state index in [0.717, 1.165) is 32.0 Å². The smallest absolute Gasteiger partial charge is 0.278 e. The predicted molar refractivity (Wildman–Crippen MR) is 84.6 cm³/mol. The van der Waals surface area contributed by atoms with Gasteiger partial charge in [-0.15, -0.1) is 0 Å². The molecule has 1 aliphatic heterocycles. The Morgan fingerprint density at radius 3 is 2.38 bits per heavy atom. The summed E-state index contributed by atoms with van der Waals surface area (Å²) in [6, 6.07) is 11.7. The number of pyridine rings is 1. The van der Waals surface area contributed by atoms with Crippen LogP contribution in [0.2, 0.25) is 0 Å². The fourth-order valence-electron chi connectivity index (χ4n) is 2.53. The van der Waals surface area contributed by atoms with E-state index in [0.29, 0.717) is 5.69 Å². The van der Waals surface area contributed by atoms with Gasteiger partial charge in [-0.1, -0.05) is 0 Å². The third-order valence-electron chi connectivity index (χ3n) is 3.72. The van der Waals surface area contributed by atoms with E-state index in [1.54, 1.807) is 23.9 Å². The minimum Gasteiger partial charge on any atom is -0.384 e. The number of hydrogen-bond donors (Lipinski definition) is 1. The lowest BCUT2D eigenvalue weighted by atomic mass is 10.2. The molecule has 1 N–H and O–H groups in total.